The van der Waals surface area contributed by atoms with Crippen molar-refractivity contribution in [1.29, 1.82) is 0 Å². The number of rotatable bonds is 4. The highest BCUT2D eigenvalue weighted by molar-refractivity contribution is 5.45. The molecule has 0 saturated carbocycles. The summed E-state index contributed by atoms with van der Waals surface area (Å²) in [7, 11) is 4.30. The van der Waals surface area contributed by atoms with Crippen molar-refractivity contribution in [3.63, 3.8) is 0 Å². The van der Waals surface area contributed by atoms with Gasteiger partial charge >= 0.3 is 0 Å². The van der Waals surface area contributed by atoms with Gasteiger partial charge in [-0.25, -0.2) is 0 Å². The van der Waals surface area contributed by atoms with Gasteiger partial charge in [0.1, 0.15) is 5.60 Å². The zero-order chi connectivity index (χ0) is 16.4. The molecular formula is C21H27NO. The van der Waals surface area contributed by atoms with Crippen LogP contribution in [0.3, 0.4) is 0 Å². The lowest BCUT2D eigenvalue weighted by Gasteiger charge is -2.39. The van der Waals surface area contributed by atoms with E-state index >= 15 is 0 Å². The van der Waals surface area contributed by atoms with Gasteiger partial charge in [-0.2, -0.15) is 0 Å². The summed E-state index contributed by atoms with van der Waals surface area (Å²) in [6, 6.07) is 17.4. The quantitative estimate of drug-likeness (QED) is 0.841. The van der Waals surface area contributed by atoms with Crippen molar-refractivity contribution in [2.75, 3.05) is 27.2 Å². The van der Waals surface area contributed by atoms with E-state index in [4.69, 9.17) is 4.74 Å². The number of hydrogen-bond acceptors (Lipinski definition) is 2. The largest absolute Gasteiger partial charge is 0.365 e. The third-order valence-electron chi connectivity index (χ3n) is 5.05. The number of nitrogens with zero attached hydrogens (tertiary/aromatic N) is 1. The summed E-state index contributed by atoms with van der Waals surface area (Å²) in [4.78, 5) is 2.28. The Morgan fingerprint density at radius 2 is 1.48 bits per heavy atom. The zero-order valence-corrected chi connectivity index (χ0v) is 14.7. The normalized spacial score (nSPS) is 20.1. The molecule has 1 heterocycles. The van der Waals surface area contributed by atoms with E-state index < -0.39 is 0 Å². The highest BCUT2D eigenvalue weighted by Gasteiger charge is 2.48. The molecule has 2 aromatic rings. The summed E-state index contributed by atoms with van der Waals surface area (Å²) in [6.45, 7) is 6.25. The summed E-state index contributed by atoms with van der Waals surface area (Å²) in [5.41, 5.74) is 4.92. The van der Waals surface area contributed by atoms with Gasteiger partial charge in [-0.1, -0.05) is 48.5 Å². The molecule has 0 N–H and O–H groups in total. The van der Waals surface area contributed by atoms with E-state index in [9.17, 15) is 0 Å². The molecule has 0 aromatic heterocycles. The fourth-order valence-electron chi connectivity index (χ4n) is 4.06. The molecule has 1 unspecified atom stereocenters. The Morgan fingerprint density at radius 3 is 1.96 bits per heavy atom. The van der Waals surface area contributed by atoms with Crippen LogP contribution in [-0.4, -0.2) is 32.1 Å². The maximum absolute atomic E-state index is 6.56. The molecule has 0 amide bonds. The molecule has 0 radical (unpaired) electrons. The molecular weight excluding hydrogens is 282 g/mol. The Labute approximate surface area is 140 Å². The topological polar surface area (TPSA) is 12.5 Å². The lowest BCUT2D eigenvalue weighted by atomic mass is 9.73. The molecule has 2 heteroatoms. The van der Waals surface area contributed by atoms with Crippen LogP contribution in [0, 0.1) is 19.8 Å². The van der Waals surface area contributed by atoms with Gasteiger partial charge in [0.05, 0.1) is 0 Å². The first-order valence-electron chi connectivity index (χ1n) is 8.46. The fraction of sp³-hybridized carbons (Fsp3) is 0.429. The summed E-state index contributed by atoms with van der Waals surface area (Å²) < 4.78 is 6.56. The van der Waals surface area contributed by atoms with Crippen LogP contribution in [-0.2, 0) is 10.3 Å². The van der Waals surface area contributed by atoms with Gasteiger partial charge in [-0.3, -0.25) is 0 Å². The van der Waals surface area contributed by atoms with Gasteiger partial charge in [-0.05, 0) is 56.6 Å². The van der Waals surface area contributed by atoms with Crippen molar-refractivity contribution in [1.82, 2.24) is 4.90 Å². The average molecular weight is 309 g/mol. The first kappa shape index (κ1) is 16.2. The Morgan fingerprint density at radius 1 is 0.957 bits per heavy atom. The van der Waals surface area contributed by atoms with Crippen LogP contribution in [0.2, 0.25) is 0 Å². The van der Waals surface area contributed by atoms with E-state index in [0.717, 1.165) is 19.6 Å². The van der Waals surface area contributed by atoms with Crippen molar-refractivity contribution >= 4 is 0 Å². The predicted molar refractivity (Wildman–Crippen MR) is 95.8 cm³/mol. The van der Waals surface area contributed by atoms with Crippen LogP contribution in [0.5, 0.6) is 0 Å². The Kier molecular flexibility index (Phi) is 4.56. The zero-order valence-electron chi connectivity index (χ0n) is 14.7. The predicted octanol–water partition coefficient (Wildman–Crippen LogP) is 4.15. The maximum atomic E-state index is 6.56. The second-order valence-electron chi connectivity index (χ2n) is 6.96. The van der Waals surface area contributed by atoms with Crippen LogP contribution in [0.4, 0.5) is 0 Å². The van der Waals surface area contributed by atoms with E-state index in [2.05, 4.69) is 81.4 Å². The van der Waals surface area contributed by atoms with E-state index in [0.29, 0.717) is 5.92 Å². The van der Waals surface area contributed by atoms with Crippen LogP contribution in [0.15, 0.2) is 48.5 Å². The van der Waals surface area contributed by atoms with Crippen molar-refractivity contribution < 1.29 is 4.74 Å². The molecule has 1 fully saturated rings. The van der Waals surface area contributed by atoms with Gasteiger partial charge in [0.25, 0.3) is 0 Å². The summed E-state index contributed by atoms with van der Waals surface area (Å²) in [5, 5.41) is 0. The summed E-state index contributed by atoms with van der Waals surface area (Å²) in [5.74, 6) is 0.458. The van der Waals surface area contributed by atoms with Gasteiger partial charge in [0.2, 0.25) is 0 Å². The van der Waals surface area contributed by atoms with Crippen molar-refractivity contribution in [3.05, 3.63) is 70.8 Å². The molecule has 1 aliphatic rings. The summed E-state index contributed by atoms with van der Waals surface area (Å²) >= 11 is 0. The van der Waals surface area contributed by atoms with Crippen molar-refractivity contribution in [2.24, 2.45) is 5.92 Å². The minimum Gasteiger partial charge on any atom is -0.365 e. The fourth-order valence-corrected chi connectivity index (χ4v) is 4.06. The molecule has 2 nitrogen and oxygen atoms in total. The first-order chi connectivity index (χ1) is 11.1. The number of hydrogen-bond donors (Lipinski definition) is 0. The lowest BCUT2D eigenvalue weighted by molar-refractivity contribution is 0.00340. The van der Waals surface area contributed by atoms with Gasteiger partial charge < -0.3 is 9.64 Å². The van der Waals surface area contributed by atoms with Crippen LogP contribution in [0.25, 0.3) is 0 Å². The molecule has 1 atom stereocenters. The van der Waals surface area contributed by atoms with E-state index in [1.54, 1.807) is 0 Å². The van der Waals surface area contributed by atoms with Crippen LogP contribution >= 0.6 is 0 Å². The highest BCUT2D eigenvalue weighted by atomic mass is 16.5. The minimum absolute atomic E-state index is 0.332. The Bertz CT molecular complexity index is 632. The number of aryl methyl sites for hydroxylation is 2. The molecule has 0 spiro atoms. The van der Waals surface area contributed by atoms with E-state index in [-0.39, 0.29) is 5.60 Å². The molecule has 1 aliphatic heterocycles. The SMILES string of the molecule is Cc1ccccc1C1(c2ccccc2C)OCCC1CN(C)C. The van der Waals surface area contributed by atoms with Crippen LogP contribution in [0.1, 0.15) is 28.7 Å². The molecule has 3 rings (SSSR count). The Balaban J connectivity index is 2.22. The van der Waals surface area contributed by atoms with Gasteiger partial charge in [0.15, 0.2) is 0 Å². The molecule has 122 valence electrons. The molecule has 1 saturated heterocycles. The first-order valence-corrected chi connectivity index (χ1v) is 8.46. The monoisotopic (exact) mass is 309 g/mol. The molecule has 0 aliphatic carbocycles. The van der Waals surface area contributed by atoms with Crippen molar-refractivity contribution in [2.45, 2.75) is 25.9 Å². The van der Waals surface area contributed by atoms with E-state index in [1.807, 2.05) is 0 Å². The second-order valence-corrected chi connectivity index (χ2v) is 6.96. The summed E-state index contributed by atoms with van der Waals surface area (Å²) in [6.07, 6.45) is 1.10. The van der Waals surface area contributed by atoms with E-state index in [1.165, 1.54) is 22.3 Å². The van der Waals surface area contributed by atoms with Crippen LogP contribution < -0.4 is 0 Å². The van der Waals surface area contributed by atoms with Crippen molar-refractivity contribution in [3.8, 4) is 0 Å². The maximum Gasteiger partial charge on any atom is 0.123 e. The third kappa shape index (κ3) is 2.82. The molecule has 0 bridgehead atoms. The smallest absolute Gasteiger partial charge is 0.123 e. The third-order valence-corrected chi connectivity index (χ3v) is 5.05. The van der Waals surface area contributed by atoms with Gasteiger partial charge in [-0.15, -0.1) is 0 Å². The standard InChI is InChI=1S/C21H27NO/c1-16-9-5-7-11-19(16)21(20-12-8-6-10-17(20)2)18(13-14-23-21)15-22(3)4/h5-12,18H,13-15H2,1-4H3. The molecule has 2 aromatic carbocycles. The van der Waals surface area contributed by atoms with Gasteiger partial charge in [0, 0.05) is 19.1 Å². The average Bonchev–Trinajstić information content (AvgIpc) is 2.91. The Hall–Kier alpha value is -1.64. The molecule has 23 heavy (non-hydrogen) atoms. The number of benzene rings is 2. The number of ether oxygens (including phenoxy) is 1. The highest BCUT2D eigenvalue weighted by Crippen LogP contribution is 2.48. The second kappa shape index (κ2) is 6.46. The minimum atomic E-state index is -0.332. The lowest BCUT2D eigenvalue weighted by Crippen LogP contribution is -2.40.